The first kappa shape index (κ1) is 21.0. The third kappa shape index (κ3) is 4.48. The van der Waals surface area contributed by atoms with E-state index in [9.17, 15) is 14.0 Å². The number of benzene rings is 2. The lowest BCUT2D eigenvalue weighted by Gasteiger charge is -2.43. The molecule has 1 heterocycles. The molecule has 6 heteroatoms. The van der Waals surface area contributed by atoms with Crippen LogP contribution in [0, 0.1) is 5.82 Å². The molecule has 154 valence electrons. The molecule has 2 aromatic rings. The summed E-state index contributed by atoms with van der Waals surface area (Å²) in [5.74, 6) is -0.453. The number of rotatable bonds is 5. The number of carbonyl (C=O) groups excluding carboxylic acids is 2. The number of halogens is 1. The van der Waals surface area contributed by atoms with Crippen molar-refractivity contribution in [1.82, 2.24) is 9.80 Å². The van der Waals surface area contributed by atoms with Gasteiger partial charge in [0.2, 0.25) is 5.91 Å². The number of morpholine rings is 1. The van der Waals surface area contributed by atoms with E-state index in [0.29, 0.717) is 26.0 Å². The molecule has 1 atom stereocenters. The lowest BCUT2D eigenvalue weighted by Crippen LogP contribution is -2.61. The first-order valence-corrected chi connectivity index (χ1v) is 9.83. The molecule has 0 aliphatic carbocycles. The number of likely N-dealkylation sites (N-methyl/N-ethyl adjacent to an activating group) is 1. The maximum atomic E-state index is 13.4. The summed E-state index contributed by atoms with van der Waals surface area (Å²) >= 11 is 0. The summed E-state index contributed by atoms with van der Waals surface area (Å²) in [6, 6.07) is 14.0. The minimum atomic E-state index is -1.15. The third-order valence-corrected chi connectivity index (χ3v) is 5.29. The summed E-state index contributed by atoms with van der Waals surface area (Å²) in [6.07, 6.45) is 0.712. The van der Waals surface area contributed by atoms with Crippen LogP contribution in [0.15, 0.2) is 48.5 Å². The van der Waals surface area contributed by atoms with Gasteiger partial charge in [0, 0.05) is 33.5 Å². The summed E-state index contributed by atoms with van der Waals surface area (Å²) < 4.78 is 19.5. The van der Waals surface area contributed by atoms with Crippen LogP contribution in [-0.4, -0.2) is 61.0 Å². The van der Waals surface area contributed by atoms with E-state index in [-0.39, 0.29) is 24.2 Å². The highest BCUT2D eigenvalue weighted by Crippen LogP contribution is 2.31. The van der Waals surface area contributed by atoms with Crippen molar-refractivity contribution in [2.75, 3.05) is 33.8 Å². The van der Waals surface area contributed by atoms with Crippen LogP contribution in [0.1, 0.15) is 18.9 Å². The highest BCUT2D eigenvalue weighted by atomic mass is 19.1. The highest BCUT2D eigenvalue weighted by molar-refractivity contribution is 5.87. The summed E-state index contributed by atoms with van der Waals surface area (Å²) in [5.41, 5.74) is 1.55. The van der Waals surface area contributed by atoms with E-state index in [1.54, 1.807) is 31.1 Å². The van der Waals surface area contributed by atoms with Gasteiger partial charge in [-0.05, 0) is 28.8 Å². The van der Waals surface area contributed by atoms with Crippen LogP contribution in [0.4, 0.5) is 4.39 Å². The first-order chi connectivity index (χ1) is 13.9. The number of nitrogens with zero attached hydrogens (tertiary/aromatic N) is 2. The van der Waals surface area contributed by atoms with Gasteiger partial charge in [-0.3, -0.25) is 9.59 Å². The van der Waals surface area contributed by atoms with Gasteiger partial charge >= 0.3 is 0 Å². The molecule has 0 bridgehead atoms. The van der Waals surface area contributed by atoms with Gasteiger partial charge in [-0.1, -0.05) is 43.3 Å². The molecule has 1 unspecified atom stereocenters. The van der Waals surface area contributed by atoms with Crippen LogP contribution in [-0.2, 0) is 20.7 Å². The van der Waals surface area contributed by atoms with Gasteiger partial charge in [-0.2, -0.15) is 0 Å². The molecule has 5 nitrogen and oxygen atoms in total. The lowest BCUT2D eigenvalue weighted by atomic mass is 9.87. The Kier molecular flexibility index (Phi) is 6.33. The standard InChI is InChI=1S/C23H27FN2O3/c1-4-21(27)26-13-14-29-23(16-26,22(28)25(2)3)15-18-7-5-6-8-20(18)17-9-11-19(24)12-10-17/h5-12H,4,13-16H2,1-3H3. The highest BCUT2D eigenvalue weighted by Gasteiger charge is 2.46. The molecule has 2 amide bonds. The van der Waals surface area contributed by atoms with E-state index in [0.717, 1.165) is 16.7 Å². The molecular formula is C23H27FN2O3. The largest absolute Gasteiger partial charge is 0.361 e. The fourth-order valence-corrected chi connectivity index (χ4v) is 3.83. The zero-order valence-electron chi connectivity index (χ0n) is 17.2. The second-order valence-corrected chi connectivity index (χ2v) is 7.55. The van der Waals surface area contributed by atoms with Crippen molar-refractivity contribution in [3.05, 3.63) is 59.9 Å². The van der Waals surface area contributed by atoms with Crippen molar-refractivity contribution < 1.29 is 18.7 Å². The van der Waals surface area contributed by atoms with E-state index in [4.69, 9.17) is 4.74 Å². The predicted octanol–water partition coefficient (Wildman–Crippen LogP) is 3.13. The molecule has 1 saturated heterocycles. The Balaban J connectivity index is 2.00. The molecule has 2 aromatic carbocycles. The van der Waals surface area contributed by atoms with E-state index < -0.39 is 5.60 Å². The summed E-state index contributed by atoms with van der Waals surface area (Å²) in [5, 5.41) is 0. The van der Waals surface area contributed by atoms with Crippen LogP contribution in [0.2, 0.25) is 0 Å². The van der Waals surface area contributed by atoms with Gasteiger partial charge in [0.05, 0.1) is 13.2 Å². The zero-order valence-corrected chi connectivity index (χ0v) is 17.2. The molecule has 29 heavy (non-hydrogen) atoms. The van der Waals surface area contributed by atoms with Crippen LogP contribution in [0.25, 0.3) is 11.1 Å². The molecule has 0 aromatic heterocycles. The molecule has 1 fully saturated rings. The molecule has 0 saturated carbocycles. The van der Waals surface area contributed by atoms with Crippen LogP contribution in [0.5, 0.6) is 0 Å². The number of amides is 2. The molecule has 0 spiro atoms. The number of hydrogen-bond donors (Lipinski definition) is 0. The predicted molar refractivity (Wildman–Crippen MR) is 110 cm³/mol. The van der Waals surface area contributed by atoms with Gasteiger partial charge in [0.25, 0.3) is 5.91 Å². The van der Waals surface area contributed by atoms with Crippen LogP contribution < -0.4 is 0 Å². The van der Waals surface area contributed by atoms with Crippen molar-refractivity contribution in [3.63, 3.8) is 0 Å². The zero-order chi connectivity index (χ0) is 21.0. The maximum Gasteiger partial charge on any atom is 0.256 e. The summed E-state index contributed by atoms with van der Waals surface area (Å²) in [4.78, 5) is 28.7. The molecule has 0 N–H and O–H groups in total. The van der Waals surface area contributed by atoms with Gasteiger partial charge in [0.1, 0.15) is 5.82 Å². The fourth-order valence-electron chi connectivity index (χ4n) is 3.83. The molecular weight excluding hydrogens is 371 g/mol. The van der Waals surface area contributed by atoms with Crippen molar-refractivity contribution in [3.8, 4) is 11.1 Å². The van der Waals surface area contributed by atoms with E-state index in [1.807, 2.05) is 31.2 Å². The van der Waals surface area contributed by atoms with Gasteiger partial charge in [-0.15, -0.1) is 0 Å². The smallest absolute Gasteiger partial charge is 0.256 e. The van der Waals surface area contributed by atoms with E-state index in [2.05, 4.69) is 0 Å². The Hall–Kier alpha value is -2.73. The fraction of sp³-hybridized carbons (Fsp3) is 0.391. The quantitative estimate of drug-likeness (QED) is 0.778. The second kappa shape index (κ2) is 8.74. The molecule has 0 radical (unpaired) electrons. The average molecular weight is 398 g/mol. The Morgan fingerprint density at radius 1 is 1.14 bits per heavy atom. The monoisotopic (exact) mass is 398 g/mol. The van der Waals surface area contributed by atoms with Crippen molar-refractivity contribution in [1.29, 1.82) is 0 Å². The first-order valence-electron chi connectivity index (χ1n) is 9.83. The van der Waals surface area contributed by atoms with Crippen molar-refractivity contribution >= 4 is 11.8 Å². The SMILES string of the molecule is CCC(=O)N1CCOC(Cc2ccccc2-c2ccc(F)cc2)(C(=O)N(C)C)C1. The Labute approximate surface area is 171 Å². The molecule has 1 aliphatic heterocycles. The maximum absolute atomic E-state index is 13.4. The van der Waals surface area contributed by atoms with Gasteiger partial charge in [-0.25, -0.2) is 4.39 Å². The molecule has 1 aliphatic rings. The lowest BCUT2D eigenvalue weighted by molar-refractivity contribution is -0.172. The van der Waals surface area contributed by atoms with Crippen LogP contribution in [0.3, 0.4) is 0 Å². The second-order valence-electron chi connectivity index (χ2n) is 7.55. The minimum absolute atomic E-state index is 0.0102. The number of hydrogen-bond acceptors (Lipinski definition) is 3. The number of ether oxygens (including phenoxy) is 1. The van der Waals surface area contributed by atoms with Gasteiger partial charge < -0.3 is 14.5 Å². The van der Waals surface area contributed by atoms with Gasteiger partial charge in [0.15, 0.2) is 5.60 Å². The summed E-state index contributed by atoms with van der Waals surface area (Å²) in [7, 11) is 3.39. The Morgan fingerprint density at radius 3 is 2.48 bits per heavy atom. The summed E-state index contributed by atoms with van der Waals surface area (Å²) in [6.45, 7) is 2.82. The average Bonchev–Trinajstić information content (AvgIpc) is 2.73. The topological polar surface area (TPSA) is 49.9 Å². The normalized spacial score (nSPS) is 19.1. The Morgan fingerprint density at radius 2 is 1.83 bits per heavy atom. The van der Waals surface area contributed by atoms with Crippen molar-refractivity contribution in [2.24, 2.45) is 0 Å². The minimum Gasteiger partial charge on any atom is -0.361 e. The van der Waals surface area contributed by atoms with Crippen molar-refractivity contribution in [2.45, 2.75) is 25.4 Å². The van der Waals surface area contributed by atoms with E-state index in [1.165, 1.54) is 17.0 Å². The van der Waals surface area contributed by atoms with Crippen LogP contribution >= 0.6 is 0 Å². The third-order valence-electron chi connectivity index (χ3n) is 5.29. The Bertz CT molecular complexity index is 882. The molecule has 3 rings (SSSR count). The number of carbonyl (C=O) groups is 2. The van der Waals surface area contributed by atoms with E-state index >= 15 is 0 Å².